The second kappa shape index (κ2) is 6.47. The number of halogens is 1. The molecule has 0 aliphatic carbocycles. The number of Topliss-reactive ketones (excluding diaryl/α,β-unsaturated/α-hetero) is 1. The minimum atomic E-state index is -0.498. The minimum absolute atomic E-state index is 0.0522. The summed E-state index contributed by atoms with van der Waals surface area (Å²) in [6.07, 6.45) is 0.506. The summed E-state index contributed by atoms with van der Waals surface area (Å²) in [5.74, 6) is -0.523. The van der Waals surface area contributed by atoms with Crippen molar-refractivity contribution < 1.29 is 14.8 Å². The Balaban J connectivity index is 3.03. The van der Waals surface area contributed by atoms with Crippen LogP contribution in [0.2, 0.25) is 5.02 Å². The molecule has 0 amide bonds. The maximum Gasteiger partial charge on any atom is 0.272 e. The lowest BCUT2D eigenvalue weighted by atomic mass is 9.92. The zero-order valence-corrected chi connectivity index (χ0v) is 10.7. The fourth-order valence-electron chi connectivity index (χ4n) is 1.77. The van der Waals surface area contributed by atoms with Gasteiger partial charge in [0.2, 0.25) is 0 Å². The summed E-state index contributed by atoms with van der Waals surface area (Å²) in [6, 6.07) is 4.26. The molecular weight excluding hydrogens is 258 g/mol. The molecule has 0 spiro atoms. The predicted molar refractivity (Wildman–Crippen MR) is 67.7 cm³/mol. The van der Waals surface area contributed by atoms with Gasteiger partial charge in [0.15, 0.2) is 0 Å². The molecule has 98 valence electrons. The normalized spacial score (nSPS) is 12.2. The van der Waals surface area contributed by atoms with E-state index < -0.39 is 10.8 Å². The van der Waals surface area contributed by atoms with Crippen LogP contribution in [0.4, 0.5) is 5.69 Å². The summed E-state index contributed by atoms with van der Waals surface area (Å²) in [6.45, 7) is 1.29. The molecule has 5 nitrogen and oxygen atoms in total. The molecular formula is C12H14ClNO4. The van der Waals surface area contributed by atoms with Gasteiger partial charge in [-0.15, -0.1) is 0 Å². The highest BCUT2D eigenvalue weighted by Gasteiger charge is 2.21. The Morgan fingerprint density at radius 1 is 1.56 bits per heavy atom. The number of nitro groups is 1. The van der Waals surface area contributed by atoms with Crippen LogP contribution < -0.4 is 0 Å². The van der Waals surface area contributed by atoms with Crippen LogP contribution in [0.15, 0.2) is 18.2 Å². The van der Waals surface area contributed by atoms with Crippen LogP contribution in [0.5, 0.6) is 0 Å². The van der Waals surface area contributed by atoms with Crippen LogP contribution >= 0.6 is 11.6 Å². The highest BCUT2D eigenvalue weighted by atomic mass is 35.5. The smallest absolute Gasteiger partial charge is 0.272 e. The van der Waals surface area contributed by atoms with Crippen molar-refractivity contribution in [3.05, 3.63) is 38.9 Å². The van der Waals surface area contributed by atoms with Gasteiger partial charge in [0.1, 0.15) is 5.78 Å². The molecule has 18 heavy (non-hydrogen) atoms. The Labute approximate surface area is 110 Å². The van der Waals surface area contributed by atoms with Gasteiger partial charge in [-0.1, -0.05) is 11.6 Å². The quantitative estimate of drug-likeness (QED) is 0.636. The molecule has 0 fully saturated rings. The second-order valence-electron chi connectivity index (χ2n) is 4.05. The molecule has 1 N–H and O–H groups in total. The van der Waals surface area contributed by atoms with Gasteiger partial charge in [0, 0.05) is 29.2 Å². The van der Waals surface area contributed by atoms with Crippen LogP contribution in [0.3, 0.4) is 0 Å². The van der Waals surface area contributed by atoms with Gasteiger partial charge in [0.05, 0.1) is 4.92 Å². The summed E-state index contributed by atoms with van der Waals surface area (Å²) in [4.78, 5) is 21.8. The predicted octanol–water partition coefficient (Wildman–Crippen LogP) is 2.38. The molecule has 0 heterocycles. The fourth-order valence-corrected chi connectivity index (χ4v) is 1.96. The molecule has 6 heteroatoms. The number of hydrogen-bond donors (Lipinski definition) is 1. The van der Waals surface area contributed by atoms with Crippen LogP contribution in [0.25, 0.3) is 0 Å². The van der Waals surface area contributed by atoms with Crippen molar-refractivity contribution in [2.24, 2.45) is 5.92 Å². The molecule has 0 saturated carbocycles. The molecule has 1 unspecified atom stereocenters. The standard InChI is InChI=1S/C12H14ClNO4/c1-8(16)9(4-5-15)6-10-7-11(13)2-3-12(10)14(17)18/h2-3,7,9,15H,4-6H2,1H3. The van der Waals surface area contributed by atoms with Crippen molar-refractivity contribution in [2.75, 3.05) is 6.61 Å². The van der Waals surface area contributed by atoms with E-state index in [4.69, 9.17) is 16.7 Å². The van der Waals surface area contributed by atoms with E-state index in [1.165, 1.54) is 25.1 Å². The van der Waals surface area contributed by atoms with E-state index >= 15 is 0 Å². The van der Waals surface area contributed by atoms with Crippen molar-refractivity contribution in [1.82, 2.24) is 0 Å². The van der Waals surface area contributed by atoms with Crippen molar-refractivity contribution in [3.8, 4) is 0 Å². The average molecular weight is 272 g/mol. The number of carbonyl (C=O) groups is 1. The third-order valence-corrected chi connectivity index (χ3v) is 2.99. The van der Waals surface area contributed by atoms with Gasteiger partial charge in [0.25, 0.3) is 5.69 Å². The lowest BCUT2D eigenvalue weighted by molar-refractivity contribution is -0.385. The second-order valence-corrected chi connectivity index (χ2v) is 4.49. The number of aliphatic hydroxyl groups excluding tert-OH is 1. The number of aliphatic hydroxyl groups is 1. The molecule has 0 aliphatic heterocycles. The molecule has 1 aromatic rings. The number of rotatable bonds is 6. The Hall–Kier alpha value is -1.46. The monoisotopic (exact) mass is 271 g/mol. The third-order valence-electron chi connectivity index (χ3n) is 2.76. The van der Waals surface area contributed by atoms with E-state index in [1.807, 2.05) is 0 Å². The van der Waals surface area contributed by atoms with Crippen molar-refractivity contribution in [3.63, 3.8) is 0 Å². The Morgan fingerprint density at radius 3 is 2.72 bits per heavy atom. The SMILES string of the molecule is CC(=O)C(CCO)Cc1cc(Cl)ccc1[N+](=O)[O-]. The van der Waals surface area contributed by atoms with E-state index in [9.17, 15) is 14.9 Å². The fraction of sp³-hybridized carbons (Fsp3) is 0.417. The first-order valence-corrected chi connectivity index (χ1v) is 5.87. The van der Waals surface area contributed by atoms with E-state index in [1.54, 1.807) is 0 Å². The van der Waals surface area contributed by atoms with Gasteiger partial charge in [-0.05, 0) is 31.9 Å². The van der Waals surface area contributed by atoms with Crippen molar-refractivity contribution in [1.29, 1.82) is 0 Å². The number of carbonyl (C=O) groups excluding carboxylic acids is 1. The number of nitro benzene ring substituents is 1. The molecule has 0 radical (unpaired) electrons. The summed E-state index contributed by atoms with van der Waals surface area (Å²) < 4.78 is 0. The van der Waals surface area contributed by atoms with Crippen LogP contribution in [0.1, 0.15) is 18.9 Å². The van der Waals surface area contributed by atoms with Gasteiger partial charge < -0.3 is 5.11 Å². The largest absolute Gasteiger partial charge is 0.396 e. The first-order valence-electron chi connectivity index (χ1n) is 5.49. The molecule has 1 atom stereocenters. The van der Waals surface area contributed by atoms with E-state index in [0.717, 1.165) is 0 Å². The lowest BCUT2D eigenvalue weighted by Crippen LogP contribution is -2.16. The first-order chi connectivity index (χ1) is 8.45. The topological polar surface area (TPSA) is 80.4 Å². The van der Waals surface area contributed by atoms with Gasteiger partial charge in [-0.25, -0.2) is 0 Å². The molecule has 1 rings (SSSR count). The Bertz CT molecular complexity index is 461. The van der Waals surface area contributed by atoms with Gasteiger partial charge >= 0.3 is 0 Å². The maximum atomic E-state index is 11.4. The van der Waals surface area contributed by atoms with E-state index in [0.29, 0.717) is 17.0 Å². The van der Waals surface area contributed by atoms with Gasteiger partial charge in [-0.2, -0.15) is 0 Å². The van der Waals surface area contributed by atoms with E-state index in [2.05, 4.69) is 0 Å². The van der Waals surface area contributed by atoms with Crippen LogP contribution in [-0.2, 0) is 11.2 Å². The average Bonchev–Trinajstić information content (AvgIpc) is 2.28. The zero-order valence-electron chi connectivity index (χ0n) is 9.93. The first kappa shape index (κ1) is 14.6. The third kappa shape index (κ3) is 3.78. The summed E-state index contributed by atoms with van der Waals surface area (Å²) in [5.41, 5.74) is 0.365. The molecule has 0 bridgehead atoms. The van der Waals surface area contributed by atoms with Crippen molar-refractivity contribution >= 4 is 23.1 Å². The summed E-state index contributed by atoms with van der Waals surface area (Å²) in [7, 11) is 0. The van der Waals surface area contributed by atoms with E-state index in [-0.39, 0.29) is 24.5 Å². The Morgan fingerprint density at radius 2 is 2.22 bits per heavy atom. The van der Waals surface area contributed by atoms with Crippen LogP contribution in [0, 0.1) is 16.0 Å². The number of benzene rings is 1. The zero-order chi connectivity index (χ0) is 13.7. The number of ketones is 1. The minimum Gasteiger partial charge on any atom is -0.396 e. The highest BCUT2D eigenvalue weighted by Crippen LogP contribution is 2.26. The number of nitrogens with zero attached hydrogens (tertiary/aromatic N) is 1. The molecule has 1 aromatic carbocycles. The summed E-state index contributed by atoms with van der Waals surface area (Å²) >= 11 is 5.80. The highest BCUT2D eigenvalue weighted by molar-refractivity contribution is 6.30. The Kier molecular flexibility index (Phi) is 5.25. The van der Waals surface area contributed by atoms with Crippen LogP contribution in [-0.4, -0.2) is 22.4 Å². The molecule has 0 aliphatic rings. The summed E-state index contributed by atoms with van der Waals surface area (Å²) in [5, 5.41) is 20.1. The molecule has 0 saturated heterocycles. The van der Waals surface area contributed by atoms with Gasteiger partial charge in [-0.3, -0.25) is 14.9 Å². The lowest BCUT2D eigenvalue weighted by Gasteiger charge is -2.12. The molecule has 0 aromatic heterocycles. The van der Waals surface area contributed by atoms with Crippen molar-refractivity contribution in [2.45, 2.75) is 19.8 Å². The maximum absolute atomic E-state index is 11.4. The number of hydrogen-bond acceptors (Lipinski definition) is 4.